The van der Waals surface area contributed by atoms with E-state index >= 15 is 0 Å². The summed E-state index contributed by atoms with van der Waals surface area (Å²) in [6.45, 7) is -0.440. The van der Waals surface area contributed by atoms with Crippen molar-refractivity contribution in [3.05, 3.63) is 0 Å². The Morgan fingerprint density at radius 1 is 1.43 bits per heavy atom. The second-order valence-electron chi connectivity index (χ2n) is 1.96. The van der Waals surface area contributed by atoms with Crippen LogP contribution in [0.25, 0.3) is 0 Å². The van der Waals surface area contributed by atoms with E-state index in [4.69, 9.17) is 5.11 Å². The third-order valence-corrected chi connectivity index (χ3v) is 1.60. The number of nitrogens with one attached hydrogen (secondary N) is 2. The minimum absolute atomic E-state index is 0. The van der Waals surface area contributed by atoms with Gasteiger partial charge in [0.15, 0.2) is 5.11 Å². The van der Waals surface area contributed by atoms with Crippen molar-refractivity contribution in [1.82, 2.24) is 10.6 Å². The zero-order chi connectivity index (χ0) is 10.5. The van der Waals surface area contributed by atoms with Gasteiger partial charge in [-0.3, -0.25) is 4.79 Å². The molecule has 0 unspecified atom stereocenters. The Kier molecular flexibility index (Phi) is 8.69. The molecule has 0 radical (unpaired) electrons. The summed E-state index contributed by atoms with van der Waals surface area (Å²) in [7, 11) is -4.39. The van der Waals surface area contributed by atoms with E-state index in [2.05, 4.69) is 17.5 Å². The molecule has 0 aromatic heterocycles. The molecule has 0 aromatic carbocycles. The molecular weight excluding hydrogens is 243 g/mol. The molecule has 3 N–H and O–H groups in total. The number of rotatable bonds is 4. The summed E-state index contributed by atoms with van der Waals surface area (Å²) in [5.41, 5.74) is 0. The number of thiocarbonyl (C=S) groups is 1. The normalized spacial score (nSPS) is 9.79. The van der Waals surface area contributed by atoms with Gasteiger partial charge >= 0.3 is 35.5 Å². The molecule has 0 atom stereocenters. The monoisotopic (exact) mass is 250 g/mol. The average molecular weight is 250 g/mol. The van der Waals surface area contributed by atoms with Crippen molar-refractivity contribution in [3.63, 3.8) is 0 Å². The smallest absolute Gasteiger partial charge is 0.747 e. The molecule has 76 valence electrons. The summed E-state index contributed by atoms with van der Waals surface area (Å²) in [6, 6.07) is 0. The maximum atomic E-state index is 10.1. The summed E-state index contributed by atoms with van der Waals surface area (Å²) in [4.78, 5) is 9.98. The van der Waals surface area contributed by atoms with Crippen LogP contribution in [0, 0.1) is 0 Å². The molecule has 10 heteroatoms. The number of carboxylic acids is 1. The molecule has 0 heterocycles. The van der Waals surface area contributed by atoms with Gasteiger partial charge in [0.1, 0.15) is 22.5 Å². The van der Waals surface area contributed by atoms with Crippen LogP contribution in [0.4, 0.5) is 0 Å². The van der Waals surface area contributed by atoms with Crippen molar-refractivity contribution < 1.29 is 52.4 Å². The standard InChI is InChI=1S/C4H8N2O5S2.Na/c7-3(8)1-5-4(12)6-2-13(9,10)11;/h1-2H2,(H,7,8)(H2,5,6,12)(H,9,10,11);/q;+1/p-1. The summed E-state index contributed by atoms with van der Waals surface area (Å²) >= 11 is 4.45. The van der Waals surface area contributed by atoms with E-state index in [1.54, 1.807) is 0 Å². The van der Waals surface area contributed by atoms with Gasteiger partial charge in [-0.25, -0.2) is 8.42 Å². The van der Waals surface area contributed by atoms with Crippen LogP contribution in [-0.4, -0.2) is 41.6 Å². The zero-order valence-corrected chi connectivity index (χ0v) is 10.9. The van der Waals surface area contributed by atoms with Crippen LogP contribution in [0.15, 0.2) is 0 Å². The molecule has 0 rings (SSSR count). The first-order valence-electron chi connectivity index (χ1n) is 2.98. The van der Waals surface area contributed by atoms with Gasteiger partial charge in [0.25, 0.3) is 0 Å². The van der Waals surface area contributed by atoms with Crippen LogP contribution in [0.2, 0.25) is 0 Å². The SMILES string of the molecule is O=C(O)CNC(=S)NCS(=O)(=O)[O-].[Na+]. The Morgan fingerprint density at radius 2 is 1.93 bits per heavy atom. The number of aliphatic carboxylic acids is 1. The summed E-state index contributed by atoms with van der Waals surface area (Å²) in [5.74, 6) is -2.01. The van der Waals surface area contributed by atoms with Crippen LogP contribution in [-0.2, 0) is 14.9 Å². The fourth-order valence-electron chi connectivity index (χ4n) is 0.372. The Bertz CT molecular complexity index is 303. The van der Waals surface area contributed by atoms with Gasteiger partial charge in [0.2, 0.25) is 0 Å². The Hall–Kier alpha value is 0.0700. The largest absolute Gasteiger partial charge is 1.00 e. The van der Waals surface area contributed by atoms with Gasteiger partial charge < -0.3 is 20.3 Å². The van der Waals surface area contributed by atoms with Gasteiger partial charge in [-0.15, -0.1) is 0 Å². The van der Waals surface area contributed by atoms with Crippen molar-refractivity contribution in [3.8, 4) is 0 Å². The zero-order valence-electron chi connectivity index (χ0n) is 7.31. The Balaban J connectivity index is 0. The Morgan fingerprint density at radius 3 is 2.29 bits per heavy atom. The molecule has 0 saturated heterocycles. The first-order chi connectivity index (χ1) is 5.81. The molecule has 7 nitrogen and oxygen atoms in total. The van der Waals surface area contributed by atoms with Gasteiger partial charge in [-0.05, 0) is 12.2 Å². The topological polar surface area (TPSA) is 119 Å². The van der Waals surface area contributed by atoms with E-state index in [0.29, 0.717) is 0 Å². The van der Waals surface area contributed by atoms with Crippen molar-refractivity contribution in [2.45, 2.75) is 0 Å². The molecule has 0 bridgehead atoms. The first kappa shape index (κ1) is 16.5. The maximum absolute atomic E-state index is 10.1. The molecule has 0 aliphatic rings. The third kappa shape index (κ3) is 12.1. The van der Waals surface area contributed by atoms with E-state index in [-0.39, 0.29) is 34.7 Å². The number of carbonyl (C=O) groups is 1. The van der Waals surface area contributed by atoms with Gasteiger partial charge in [-0.2, -0.15) is 0 Å². The fourth-order valence-corrected chi connectivity index (χ4v) is 0.929. The van der Waals surface area contributed by atoms with E-state index in [1.807, 2.05) is 5.32 Å². The van der Waals surface area contributed by atoms with Crippen LogP contribution >= 0.6 is 12.2 Å². The van der Waals surface area contributed by atoms with Crippen molar-refractivity contribution in [2.75, 3.05) is 12.4 Å². The third-order valence-electron chi connectivity index (χ3n) is 0.810. The number of hydrogen-bond donors (Lipinski definition) is 3. The Labute approximate surface area is 108 Å². The maximum Gasteiger partial charge on any atom is 1.00 e. The molecule has 14 heavy (non-hydrogen) atoms. The number of carboxylic acid groups (broad SMARTS) is 1. The second-order valence-corrected chi connectivity index (χ2v) is 3.77. The van der Waals surface area contributed by atoms with Crippen LogP contribution in [0.3, 0.4) is 0 Å². The second kappa shape index (κ2) is 7.37. The van der Waals surface area contributed by atoms with E-state index in [0.717, 1.165) is 0 Å². The summed E-state index contributed by atoms with van der Waals surface area (Å²) in [6.07, 6.45) is 0. The van der Waals surface area contributed by atoms with Gasteiger partial charge in [0, 0.05) is 0 Å². The predicted octanol–water partition coefficient (Wildman–Crippen LogP) is -4.96. The van der Waals surface area contributed by atoms with Crippen LogP contribution in [0.1, 0.15) is 0 Å². The molecule has 0 spiro atoms. The van der Waals surface area contributed by atoms with Gasteiger partial charge in [0.05, 0.1) is 0 Å². The predicted molar refractivity (Wildman–Crippen MR) is 45.9 cm³/mol. The number of hydrogen-bond acceptors (Lipinski definition) is 5. The summed E-state index contributed by atoms with van der Waals surface area (Å²) in [5, 5.41) is 12.2. The minimum Gasteiger partial charge on any atom is -0.747 e. The van der Waals surface area contributed by atoms with E-state index < -0.39 is 28.5 Å². The van der Waals surface area contributed by atoms with Crippen molar-refractivity contribution in [1.29, 1.82) is 0 Å². The van der Waals surface area contributed by atoms with Crippen molar-refractivity contribution >= 4 is 33.4 Å². The van der Waals surface area contributed by atoms with Crippen LogP contribution < -0.4 is 40.2 Å². The molecule has 0 saturated carbocycles. The first-order valence-corrected chi connectivity index (χ1v) is 4.97. The fraction of sp³-hybridized carbons (Fsp3) is 0.500. The molecule has 0 aliphatic carbocycles. The van der Waals surface area contributed by atoms with E-state index in [1.165, 1.54) is 0 Å². The van der Waals surface area contributed by atoms with Crippen LogP contribution in [0.5, 0.6) is 0 Å². The molecule has 0 amide bonds. The van der Waals surface area contributed by atoms with Gasteiger partial charge in [-0.1, -0.05) is 0 Å². The molecule has 0 aliphatic heterocycles. The van der Waals surface area contributed by atoms with Crippen molar-refractivity contribution in [2.24, 2.45) is 0 Å². The van der Waals surface area contributed by atoms with E-state index in [9.17, 15) is 17.8 Å². The molecule has 0 aromatic rings. The molecule has 0 fully saturated rings. The quantitative estimate of drug-likeness (QED) is 0.258. The minimum atomic E-state index is -4.39. The summed E-state index contributed by atoms with van der Waals surface area (Å²) < 4.78 is 30.2. The average Bonchev–Trinajstić information content (AvgIpc) is 1.95. The molecular formula is C4H7N2NaO5S2.